The van der Waals surface area contributed by atoms with Crippen LogP contribution in [0.4, 0.5) is 5.82 Å². The molecule has 0 unspecified atom stereocenters. The Morgan fingerprint density at radius 2 is 2.17 bits per heavy atom. The Labute approximate surface area is 105 Å². The van der Waals surface area contributed by atoms with Crippen LogP contribution < -0.4 is 5.73 Å². The number of hydrogen-bond acceptors (Lipinski definition) is 7. The fraction of sp³-hybridized carbons (Fsp3) is 0.667. The molecule has 1 saturated heterocycles. The molecule has 9 heteroatoms. The highest BCUT2D eigenvalue weighted by Crippen LogP contribution is 2.29. The highest BCUT2D eigenvalue weighted by Gasteiger charge is 2.41. The number of rotatable bonds is 4. The average molecular weight is 276 g/mol. The van der Waals surface area contributed by atoms with E-state index in [0.717, 1.165) is 0 Å². The predicted molar refractivity (Wildman–Crippen MR) is 63.0 cm³/mol. The zero-order valence-electron chi connectivity index (χ0n) is 10.5. The molecule has 0 radical (unpaired) electrons. The van der Waals surface area contributed by atoms with Gasteiger partial charge in [0.15, 0.2) is 16.5 Å². The van der Waals surface area contributed by atoms with Crippen molar-refractivity contribution < 1.29 is 17.8 Å². The van der Waals surface area contributed by atoms with Crippen LogP contribution in [0.15, 0.2) is 9.42 Å². The van der Waals surface area contributed by atoms with Gasteiger partial charge in [-0.15, -0.1) is 0 Å². The van der Waals surface area contributed by atoms with E-state index in [0.29, 0.717) is 13.1 Å². The van der Waals surface area contributed by atoms with Crippen LogP contribution >= 0.6 is 0 Å². The van der Waals surface area contributed by atoms with E-state index >= 15 is 0 Å². The van der Waals surface area contributed by atoms with E-state index in [1.54, 1.807) is 19.2 Å². The molecule has 0 saturated carbocycles. The highest BCUT2D eigenvalue weighted by molar-refractivity contribution is 7.89. The molecular formula is C9H16N4O4S. The Kier molecular flexibility index (Phi) is 3.32. The summed E-state index contributed by atoms with van der Waals surface area (Å²) < 4.78 is 30.6. The molecular weight excluding hydrogens is 260 g/mol. The standard InChI is InChI=1S/C9H16N4O4S/c1-6-8(9(10)11-17-6)18(14,15)13-4-7(5-13)12(2)16-3/h7H,4-5H2,1-3H3,(H2,10,11). The van der Waals surface area contributed by atoms with Crippen LogP contribution in [0.25, 0.3) is 0 Å². The molecule has 1 aromatic heterocycles. The lowest BCUT2D eigenvalue weighted by Gasteiger charge is -2.41. The quantitative estimate of drug-likeness (QED) is 0.735. The second-order valence-electron chi connectivity index (χ2n) is 4.16. The number of aromatic nitrogens is 1. The first-order valence-corrected chi connectivity index (χ1v) is 6.80. The fourth-order valence-electron chi connectivity index (χ4n) is 1.82. The van der Waals surface area contributed by atoms with Crippen LogP contribution in [-0.4, -0.2) is 56.2 Å². The van der Waals surface area contributed by atoms with Gasteiger partial charge in [0, 0.05) is 20.1 Å². The van der Waals surface area contributed by atoms with E-state index in [4.69, 9.17) is 15.1 Å². The normalized spacial score (nSPS) is 18.2. The van der Waals surface area contributed by atoms with Gasteiger partial charge in [-0.3, -0.25) is 0 Å². The minimum absolute atomic E-state index is 0.0407. The van der Waals surface area contributed by atoms with Crippen molar-refractivity contribution in [2.75, 3.05) is 33.0 Å². The molecule has 0 amide bonds. The van der Waals surface area contributed by atoms with Gasteiger partial charge in [-0.25, -0.2) is 8.42 Å². The van der Waals surface area contributed by atoms with Crippen molar-refractivity contribution in [2.24, 2.45) is 0 Å². The molecule has 0 atom stereocenters. The number of nitrogens with zero attached hydrogens (tertiary/aromatic N) is 3. The van der Waals surface area contributed by atoms with Crippen LogP contribution in [0.2, 0.25) is 0 Å². The summed E-state index contributed by atoms with van der Waals surface area (Å²) in [6, 6.07) is 0.0474. The molecule has 18 heavy (non-hydrogen) atoms. The number of hydroxylamine groups is 2. The lowest BCUT2D eigenvalue weighted by Crippen LogP contribution is -2.59. The van der Waals surface area contributed by atoms with Gasteiger partial charge in [0.2, 0.25) is 10.0 Å². The van der Waals surface area contributed by atoms with Gasteiger partial charge < -0.3 is 15.1 Å². The van der Waals surface area contributed by atoms with Crippen molar-refractivity contribution in [3.63, 3.8) is 0 Å². The SMILES string of the molecule is CON(C)C1CN(S(=O)(=O)c2c(N)noc2C)C1. The molecule has 102 valence electrons. The number of aryl methyl sites for hydroxylation is 1. The maximum absolute atomic E-state index is 12.3. The van der Waals surface area contributed by atoms with Crippen LogP contribution in [0.1, 0.15) is 5.76 Å². The molecule has 0 aliphatic carbocycles. The molecule has 0 spiro atoms. The van der Waals surface area contributed by atoms with Gasteiger partial charge >= 0.3 is 0 Å². The van der Waals surface area contributed by atoms with Crippen molar-refractivity contribution in [1.29, 1.82) is 0 Å². The Bertz CT molecular complexity index is 515. The van der Waals surface area contributed by atoms with E-state index in [9.17, 15) is 8.42 Å². The molecule has 1 aromatic rings. The monoisotopic (exact) mass is 276 g/mol. The van der Waals surface area contributed by atoms with Crippen LogP contribution in [0, 0.1) is 6.92 Å². The third kappa shape index (κ3) is 1.99. The van der Waals surface area contributed by atoms with Crippen molar-refractivity contribution >= 4 is 15.8 Å². The smallest absolute Gasteiger partial charge is 0.250 e. The summed E-state index contributed by atoms with van der Waals surface area (Å²) in [7, 11) is -0.327. The summed E-state index contributed by atoms with van der Waals surface area (Å²) in [6.07, 6.45) is 0. The lowest BCUT2D eigenvalue weighted by atomic mass is 10.2. The van der Waals surface area contributed by atoms with Crippen LogP contribution in [-0.2, 0) is 14.9 Å². The summed E-state index contributed by atoms with van der Waals surface area (Å²) in [4.78, 5) is 4.97. The number of hydrogen-bond donors (Lipinski definition) is 1. The number of nitrogens with two attached hydrogens (primary N) is 1. The predicted octanol–water partition coefficient (Wildman–Crippen LogP) is -0.569. The highest BCUT2D eigenvalue weighted by atomic mass is 32.2. The third-order valence-corrected chi connectivity index (χ3v) is 5.05. The maximum atomic E-state index is 12.3. The van der Waals surface area contributed by atoms with Gasteiger partial charge in [-0.2, -0.15) is 9.37 Å². The summed E-state index contributed by atoms with van der Waals surface area (Å²) >= 11 is 0. The zero-order chi connectivity index (χ0) is 13.5. The molecule has 2 heterocycles. The summed E-state index contributed by atoms with van der Waals surface area (Å²) in [5, 5.41) is 5.08. The van der Waals surface area contributed by atoms with Crippen molar-refractivity contribution in [3.05, 3.63) is 5.76 Å². The Hall–Kier alpha value is -1.16. The first-order valence-electron chi connectivity index (χ1n) is 5.36. The third-order valence-electron chi connectivity index (χ3n) is 3.06. The molecule has 1 aliphatic rings. The first kappa shape index (κ1) is 13.3. The Balaban J connectivity index is 2.16. The van der Waals surface area contributed by atoms with Crippen molar-refractivity contribution in [2.45, 2.75) is 17.9 Å². The molecule has 1 fully saturated rings. The van der Waals surface area contributed by atoms with Gasteiger partial charge in [0.05, 0.1) is 13.2 Å². The Morgan fingerprint density at radius 3 is 2.61 bits per heavy atom. The number of likely N-dealkylation sites (N-methyl/N-ethyl adjacent to an activating group) is 1. The van der Waals surface area contributed by atoms with Crippen molar-refractivity contribution in [3.8, 4) is 0 Å². The number of anilines is 1. The second-order valence-corrected chi connectivity index (χ2v) is 6.03. The van der Waals surface area contributed by atoms with Gasteiger partial charge in [-0.1, -0.05) is 5.16 Å². The second kappa shape index (κ2) is 4.50. The fourth-order valence-corrected chi connectivity index (χ4v) is 3.51. The molecule has 2 N–H and O–H groups in total. The Morgan fingerprint density at radius 1 is 1.56 bits per heavy atom. The molecule has 1 aliphatic heterocycles. The van der Waals surface area contributed by atoms with Crippen LogP contribution in [0.5, 0.6) is 0 Å². The van der Waals surface area contributed by atoms with Crippen molar-refractivity contribution in [1.82, 2.24) is 14.5 Å². The van der Waals surface area contributed by atoms with E-state index in [-0.39, 0.29) is 22.5 Å². The van der Waals surface area contributed by atoms with Gasteiger partial charge in [-0.05, 0) is 6.92 Å². The van der Waals surface area contributed by atoms with Crippen LogP contribution in [0.3, 0.4) is 0 Å². The average Bonchev–Trinajstić information content (AvgIpc) is 2.55. The molecule has 2 rings (SSSR count). The van der Waals surface area contributed by atoms with E-state index < -0.39 is 10.0 Å². The van der Waals surface area contributed by atoms with E-state index in [1.807, 2.05) is 0 Å². The number of nitrogen functional groups attached to an aromatic ring is 1. The number of sulfonamides is 1. The first-order chi connectivity index (χ1) is 8.37. The molecule has 0 bridgehead atoms. The molecule has 0 aromatic carbocycles. The maximum Gasteiger partial charge on any atom is 0.250 e. The van der Waals surface area contributed by atoms with Gasteiger partial charge in [0.1, 0.15) is 0 Å². The summed E-state index contributed by atoms with van der Waals surface area (Å²) in [6.45, 7) is 2.24. The largest absolute Gasteiger partial charge is 0.380 e. The topological polar surface area (TPSA) is 102 Å². The van der Waals surface area contributed by atoms with Gasteiger partial charge in [0.25, 0.3) is 0 Å². The zero-order valence-corrected chi connectivity index (χ0v) is 11.3. The van der Waals surface area contributed by atoms with E-state index in [1.165, 1.54) is 11.2 Å². The lowest BCUT2D eigenvalue weighted by molar-refractivity contribution is -0.163. The summed E-state index contributed by atoms with van der Waals surface area (Å²) in [5.74, 6) is 0.104. The summed E-state index contributed by atoms with van der Waals surface area (Å²) in [5.41, 5.74) is 5.52. The minimum Gasteiger partial charge on any atom is -0.380 e. The molecule has 8 nitrogen and oxygen atoms in total. The minimum atomic E-state index is -3.63. The van der Waals surface area contributed by atoms with E-state index in [2.05, 4.69) is 5.16 Å².